The first kappa shape index (κ1) is 20.0. The minimum atomic E-state index is -0.212. The molecule has 1 aliphatic heterocycles. The number of pyridine rings is 2. The summed E-state index contributed by atoms with van der Waals surface area (Å²) in [5.41, 5.74) is 3.96. The number of nitrogens with zero attached hydrogens (tertiary/aromatic N) is 2. The summed E-state index contributed by atoms with van der Waals surface area (Å²) in [7, 11) is 0. The lowest BCUT2D eigenvalue weighted by molar-refractivity contribution is 0.0941. The van der Waals surface area contributed by atoms with Crippen LogP contribution in [0.4, 0.5) is 0 Å². The molecule has 3 heterocycles. The van der Waals surface area contributed by atoms with Crippen LogP contribution < -0.4 is 14.8 Å². The predicted octanol–water partition coefficient (Wildman–Crippen LogP) is 4.95. The van der Waals surface area contributed by atoms with Crippen LogP contribution in [0.15, 0.2) is 73.1 Å². The Morgan fingerprint density at radius 1 is 0.969 bits per heavy atom. The molecule has 2 aromatic heterocycles. The van der Waals surface area contributed by atoms with E-state index < -0.39 is 0 Å². The number of rotatable bonds is 4. The van der Waals surface area contributed by atoms with E-state index in [4.69, 9.17) is 14.5 Å². The van der Waals surface area contributed by atoms with Gasteiger partial charge in [0.15, 0.2) is 11.5 Å². The summed E-state index contributed by atoms with van der Waals surface area (Å²) in [5, 5.41) is 3.94. The molecular formula is C26H23N3O3. The zero-order valence-electron chi connectivity index (χ0n) is 17.7. The number of carbonyl (C=O) groups is 1. The SMILES string of the molecule is CC(NC(=O)c1cc(-c2ccncc2)nc2ccccc12)c1ccc2c(c1)OCCCO2. The second-order valence-electron chi connectivity index (χ2n) is 7.76. The summed E-state index contributed by atoms with van der Waals surface area (Å²) in [6.45, 7) is 3.23. The van der Waals surface area contributed by atoms with Gasteiger partial charge in [-0.2, -0.15) is 0 Å². The second-order valence-corrected chi connectivity index (χ2v) is 7.76. The standard InChI is InChI=1S/C26H23N3O3/c1-17(19-7-8-24-25(15-19)32-14-4-13-31-24)28-26(30)21-16-23(18-9-11-27-12-10-18)29-22-6-3-2-5-20(21)22/h2-3,5-12,15-17H,4,13-14H2,1H3,(H,28,30). The van der Waals surface area contributed by atoms with Crippen LogP contribution in [0.25, 0.3) is 22.2 Å². The van der Waals surface area contributed by atoms with Gasteiger partial charge in [0.2, 0.25) is 0 Å². The Kier molecular flexibility index (Phi) is 5.42. The van der Waals surface area contributed by atoms with E-state index in [0.717, 1.165) is 45.6 Å². The summed E-state index contributed by atoms with van der Waals surface area (Å²) in [5.74, 6) is 1.31. The van der Waals surface area contributed by atoms with E-state index in [9.17, 15) is 4.79 Å². The molecule has 1 aliphatic rings. The average Bonchev–Trinajstić information content (AvgIpc) is 3.08. The van der Waals surface area contributed by atoms with Crippen LogP contribution in [0.2, 0.25) is 0 Å². The van der Waals surface area contributed by atoms with E-state index in [-0.39, 0.29) is 11.9 Å². The van der Waals surface area contributed by atoms with Gasteiger partial charge in [-0.25, -0.2) is 4.98 Å². The van der Waals surface area contributed by atoms with Crippen LogP contribution in [0, 0.1) is 0 Å². The average molecular weight is 425 g/mol. The fraction of sp³-hybridized carbons (Fsp3) is 0.192. The lowest BCUT2D eigenvalue weighted by Crippen LogP contribution is -2.27. The molecule has 0 saturated carbocycles. The molecule has 6 nitrogen and oxygen atoms in total. The molecule has 0 saturated heterocycles. The van der Waals surface area contributed by atoms with Crippen LogP contribution in [0.3, 0.4) is 0 Å². The van der Waals surface area contributed by atoms with Crippen molar-refractivity contribution in [1.82, 2.24) is 15.3 Å². The van der Waals surface area contributed by atoms with Gasteiger partial charge in [0.1, 0.15) is 0 Å². The summed E-state index contributed by atoms with van der Waals surface area (Å²) < 4.78 is 11.5. The van der Waals surface area contributed by atoms with E-state index in [1.165, 1.54) is 0 Å². The highest BCUT2D eigenvalue weighted by Crippen LogP contribution is 2.32. The third-order valence-corrected chi connectivity index (χ3v) is 5.56. The molecular weight excluding hydrogens is 402 g/mol. The molecule has 1 amide bonds. The summed E-state index contributed by atoms with van der Waals surface area (Å²) in [6, 6.07) is 18.9. The number of fused-ring (bicyclic) bond motifs is 2. The fourth-order valence-corrected chi connectivity index (χ4v) is 3.84. The van der Waals surface area contributed by atoms with Gasteiger partial charge >= 0.3 is 0 Å². The first-order chi connectivity index (χ1) is 15.7. The maximum Gasteiger partial charge on any atom is 0.252 e. The van der Waals surface area contributed by atoms with Gasteiger partial charge in [0, 0.05) is 29.8 Å². The van der Waals surface area contributed by atoms with E-state index in [2.05, 4.69) is 10.3 Å². The number of ether oxygens (including phenoxy) is 2. The molecule has 5 rings (SSSR count). The van der Waals surface area contributed by atoms with Crippen molar-refractivity contribution in [1.29, 1.82) is 0 Å². The van der Waals surface area contributed by atoms with Gasteiger partial charge in [0.05, 0.1) is 36.0 Å². The zero-order chi connectivity index (χ0) is 21.9. The fourth-order valence-electron chi connectivity index (χ4n) is 3.84. The number of benzene rings is 2. The summed E-state index contributed by atoms with van der Waals surface area (Å²) in [4.78, 5) is 22.2. The minimum absolute atomic E-state index is 0.154. The molecule has 0 radical (unpaired) electrons. The monoisotopic (exact) mass is 425 g/mol. The first-order valence-corrected chi connectivity index (χ1v) is 10.7. The number of para-hydroxylation sites is 1. The highest BCUT2D eigenvalue weighted by Gasteiger charge is 2.18. The number of amides is 1. The number of nitrogens with one attached hydrogen (secondary N) is 1. The Labute approximate surface area is 186 Å². The Balaban J connectivity index is 1.46. The molecule has 1 unspecified atom stereocenters. The number of hydrogen-bond donors (Lipinski definition) is 1. The third kappa shape index (κ3) is 3.99. The minimum Gasteiger partial charge on any atom is -0.490 e. The highest BCUT2D eigenvalue weighted by atomic mass is 16.5. The molecule has 0 spiro atoms. The Morgan fingerprint density at radius 2 is 1.75 bits per heavy atom. The lowest BCUT2D eigenvalue weighted by atomic mass is 10.0. The highest BCUT2D eigenvalue weighted by molar-refractivity contribution is 6.07. The van der Waals surface area contributed by atoms with Gasteiger partial charge in [-0.15, -0.1) is 0 Å². The molecule has 1 atom stereocenters. The number of carbonyl (C=O) groups excluding carboxylic acids is 1. The molecule has 4 aromatic rings. The van der Waals surface area contributed by atoms with Gasteiger partial charge in [-0.3, -0.25) is 9.78 Å². The quantitative estimate of drug-likeness (QED) is 0.501. The van der Waals surface area contributed by atoms with Crippen molar-refractivity contribution >= 4 is 16.8 Å². The van der Waals surface area contributed by atoms with E-state index >= 15 is 0 Å². The van der Waals surface area contributed by atoms with Crippen LogP contribution in [0.5, 0.6) is 11.5 Å². The Hall–Kier alpha value is -3.93. The van der Waals surface area contributed by atoms with Gasteiger partial charge in [-0.05, 0) is 48.9 Å². The van der Waals surface area contributed by atoms with Crippen LogP contribution in [0.1, 0.15) is 35.3 Å². The molecule has 0 aliphatic carbocycles. The molecule has 1 N–H and O–H groups in total. The van der Waals surface area contributed by atoms with Crippen molar-refractivity contribution in [2.45, 2.75) is 19.4 Å². The molecule has 2 aromatic carbocycles. The normalized spacial score (nSPS) is 13.9. The molecule has 0 fully saturated rings. The summed E-state index contributed by atoms with van der Waals surface area (Å²) >= 11 is 0. The smallest absolute Gasteiger partial charge is 0.252 e. The van der Waals surface area contributed by atoms with E-state index in [0.29, 0.717) is 18.8 Å². The number of aromatic nitrogens is 2. The van der Waals surface area contributed by atoms with Crippen molar-refractivity contribution in [2.24, 2.45) is 0 Å². The van der Waals surface area contributed by atoms with E-state index in [1.54, 1.807) is 12.4 Å². The summed E-state index contributed by atoms with van der Waals surface area (Å²) in [6.07, 6.45) is 4.29. The first-order valence-electron chi connectivity index (χ1n) is 10.7. The molecule has 160 valence electrons. The van der Waals surface area contributed by atoms with Gasteiger partial charge in [0.25, 0.3) is 5.91 Å². The Bertz CT molecular complexity index is 1270. The largest absolute Gasteiger partial charge is 0.490 e. The second kappa shape index (κ2) is 8.67. The van der Waals surface area contributed by atoms with Gasteiger partial charge < -0.3 is 14.8 Å². The van der Waals surface area contributed by atoms with Crippen molar-refractivity contribution in [3.05, 3.63) is 84.2 Å². The predicted molar refractivity (Wildman–Crippen MR) is 123 cm³/mol. The van der Waals surface area contributed by atoms with E-state index in [1.807, 2.05) is 67.6 Å². The number of hydrogen-bond acceptors (Lipinski definition) is 5. The molecule has 32 heavy (non-hydrogen) atoms. The maximum absolute atomic E-state index is 13.4. The van der Waals surface area contributed by atoms with Crippen molar-refractivity contribution in [3.8, 4) is 22.8 Å². The molecule has 6 heteroatoms. The van der Waals surface area contributed by atoms with Crippen LogP contribution >= 0.6 is 0 Å². The van der Waals surface area contributed by atoms with Crippen LogP contribution in [-0.4, -0.2) is 29.1 Å². The van der Waals surface area contributed by atoms with Crippen molar-refractivity contribution in [2.75, 3.05) is 13.2 Å². The lowest BCUT2D eigenvalue weighted by Gasteiger charge is -2.17. The molecule has 0 bridgehead atoms. The van der Waals surface area contributed by atoms with Crippen LogP contribution in [-0.2, 0) is 0 Å². The Morgan fingerprint density at radius 3 is 2.59 bits per heavy atom. The zero-order valence-corrected chi connectivity index (χ0v) is 17.7. The topological polar surface area (TPSA) is 73.3 Å². The maximum atomic E-state index is 13.4. The van der Waals surface area contributed by atoms with Gasteiger partial charge in [-0.1, -0.05) is 24.3 Å². The van der Waals surface area contributed by atoms with Crippen molar-refractivity contribution < 1.29 is 14.3 Å². The van der Waals surface area contributed by atoms with Crippen molar-refractivity contribution in [3.63, 3.8) is 0 Å². The third-order valence-electron chi connectivity index (χ3n) is 5.56.